The summed E-state index contributed by atoms with van der Waals surface area (Å²) in [5.74, 6) is 2.16. The highest BCUT2D eigenvalue weighted by molar-refractivity contribution is 5.63. The summed E-state index contributed by atoms with van der Waals surface area (Å²) in [6, 6.07) is 0.600. The molecule has 1 heterocycles. The average Bonchev–Trinajstić information content (AvgIpc) is 2.47. The second-order valence-corrected chi connectivity index (χ2v) is 5.34. The van der Waals surface area contributed by atoms with E-state index < -0.39 is 0 Å². The maximum Gasteiger partial charge on any atom is 0.204 e. The third kappa shape index (κ3) is 5.75. The van der Waals surface area contributed by atoms with Crippen LogP contribution in [0.25, 0.3) is 0 Å². The summed E-state index contributed by atoms with van der Waals surface area (Å²) in [7, 11) is 3.80. The predicted molar refractivity (Wildman–Crippen MR) is 88.2 cm³/mol. The summed E-state index contributed by atoms with van der Waals surface area (Å²) >= 11 is 0. The Bertz CT molecular complexity index is 411. The van der Waals surface area contributed by atoms with Crippen LogP contribution in [0, 0.1) is 0 Å². The van der Waals surface area contributed by atoms with Crippen molar-refractivity contribution < 1.29 is 4.74 Å². The van der Waals surface area contributed by atoms with Gasteiger partial charge in [0, 0.05) is 19.1 Å². The van der Waals surface area contributed by atoms with Crippen molar-refractivity contribution in [2.45, 2.75) is 39.7 Å². The van der Waals surface area contributed by atoms with E-state index >= 15 is 0 Å². The molecule has 0 bridgehead atoms. The van der Waals surface area contributed by atoms with E-state index in [0.29, 0.717) is 11.8 Å². The normalized spacial score (nSPS) is 11.0. The molecule has 0 spiro atoms. The molecule has 0 atom stereocenters. The lowest BCUT2D eigenvalue weighted by atomic mass is 10.2. The Morgan fingerprint density at radius 3 is 2.43 bits per heavy atom. The molecule has 0 aromatic carbocycles. The maximum absolute atomic E-state index is 5.40. The number of methoxy groups -OCH3 is 1. The quantitative estimate of drug-likeness (QED) is 0.647. The first-order valence-corrected chi connectivity index (χ1v) is 7.67. The van der Waals surface area contributed by atoms with Crippen LogP contribution < -0.4 is 15.4 Å². The molecule has 21 heavy (non-hydrogen) atoms. The second-order valence-electron chi connectivity index (χ2n) is 5.34. The molecule has 6 nitrogen and oxygen atoms in total. The first-order valence-electron chi connectivity index (χ1n) is 7.67. The highest BCUT2D eigenvalue weighted by atomic mass is 16.5. The third-order valence-corrected chi connectivity index (χ3v) is 3.46. The fourth-order valence-corrected chi connectivity index (χ4v) is 1.94. The van der Waals surface area contributed by atoms with Crippen molar-refractivity contribution in [3.63, 3.8) is 0 Å². The fourth-order valence-electron chi connectivity index (χ4n) is 1.94. The fraction of sp³-hybridized carbons (Fsp3) is 0.733. The molecule has 0 aliphatic heterocycles. The smallest absolute Gasteiger partial charge is 0.204 e. The minimum atomic E-state index is 0.600. The van der Waals surface area contributed by atoms with E-state index in [1.54, 1.807) is 13.4 Å². The predicted octanol–water partition coefficient (Wildman–Crippen LogP) is 2.45. The van der Waals surface area contributed by atoms with E-state index in [0.717, 1.165) is 44.1 Å². The molecule has 0 saturated heterocycles. The van der Waals surface area contributed by atoms with Crippen LogP contribution in [0.2, 0.25) is 0 Å². The molecular weight excluding hydrogens is 266 g/mol. The van der Waals surface area contributed by atoms with Gasteiger partial charge in [0.05, 0.1) is 7.11 Å². The molecule has 1 aromatic rings. The van der Waals surface area contributed by atoms with Gasteiger partial charge in [-0.05, 0) is 47.2 Å². The van der Waals surface area contributed by atoms with Crippen LogP contribution in [0.4, 0.5) is 11.6 Å². The third-order valence-electron chi connectivity index (χ3n) is 3.46. The van der Waals surface area contributed by atoms with Gasteiger partial charge >= 0.3 is 0 Å². The molecule has 6 heteroatoms. The lowest BCUT2D eigenvalue weighted by Gasteiger charge is -2.20. The minimum absolute atomic E-state index is 0.600. The first kappa shape index (κ1) is 17.5. The van der Waals surface area contributed by atoms with Gasteiger partial charge in [-0.1, -0.05) is 0 Å². The number of anilines is 2. The van der Waals surface area contributed by atoms with E-state index in [1.165, 1.54) is 0 Å². The molecule has 0 aliphatic carbocycles. The zero-order valence-electron chi connectivity index (χ0n) is 13.9. The summed E-state index contributed by atoms with van der Waals surface area (Å²) < 4.78 is 5.40. The molecule has 1 aromatic heterocycles. The van der Waals surface area contributed by atoms with Crippen LogP contribution >= 0.6 is 0 Å². The first-order chi connectivity index (χ1) is 10.1. The minimum Gasteiger partial charge on any atom is -0.490 e. The van der Waals surface area contributed by atoms with E-state index in [4.69, 9.17) is 4.74 Å². The summed E-state index contributed by atoms with van der Waals surface area (Å²) in [6.07, 6.45) is 3.81. The Morgan fingerprint density at radius 2 is 1.86 bits per heavy atom. The van der Waals surface area contributed by atoms with Gasteiger partial charge in [-0.2, -0.15) is 0 Å². The van der Waals surface area contributed by atoms with Crippen LogP contribution in [-0.4, -0.2) is 54.7 Å². The van der Waals surface area contributed by atoms with Crippen molar-refractivity contribution in [2.24, 2.45) is 0 Å². The Hall–Kier alpha value is -1.56. The Labute approximate surface area is 128 Å². The SMILES string of the molecule is CCNc1ncnc(NCCCCN(C)C(C)C)c1OC. The Morgan fingerprint density at radius 1 is 1.19 bits per heavy atom. The van der Waals surface area contributed by atoms with Crippen molar-refractivity contribution in [2.75, 3.05) is 44.4 Å². The molecule has 120 valence electrons. The molecule has 0 radical (unpaired) electrons. The van der Waals surface area contributed by atoms with Crippen molar-refractivity contribution in [3.8, 4) is 5.75 Å². The zero-order valence-corrected chi connectivity index (χ0v) is 13.9. The van der Waals surface area contributed by atoms with E-state index in [1.807, 2.05) is 6.92 Å². The van der Waals surface area contributed by atoms with Gasteiger partial charge in [0.1, 0.15) is 6.33 Å². The summed E-state index contributed by atoms with van der Waals surface area (Å²) in [4.78, 5) is 10.8. The second kappa shape index (κ2) is 9.39. The lowest BCUT2D eigenvalue weighted by molar-refractivity contribution is 0.269. The number of hydrogen-bond acceptors (Lipinski definition) is 6. The van der Waals surface area contributed by atoms with Gasteiger partial charge in [0.25, 0.3) is 0 Å². The lowest BCUT2D eigenvalue weighted by Crippen LogP contribution is -2.27. The number of nitrogens with zero attached hydrogens (tertiary/aromatic N) is 3. The van der Waals surface area contributed by atoms with Crippen molar-refractivity contribution in [1.29, 1.82) is 0 Å². The Kier molecular flexibility index (Phi) is 7.82. The number of nitrogens with one attached hydrogen (secondary N) is 2. The molecule has 0 unspecified atom stereocenters. The number of aromatic nitrogens is 2. The van der Waals surface area contributed by atoms with Crippen LogP contribution in [-0.2, 0) is 0 Å². The molecule has 0 saturated carbocycles. The van der Waals surface area contributed by atoms with Gasteiger partial charge in [-0.3, -0.25) is 0 Å². The van der Waals surface area contributed by atoms with Crippen LogP contribution in [0.15, 0.2) is 6.33 Å². The van der Waals surface area contributed by atoms with Crippen LogP contribution in [0.5, 0.6) is 5.75 Å². The van der Waals surface area contributed by atoms with Crippen molar-refractivity contribution >= 4 is 11.6 Å². The van der Waals surface area contributed by atoms with Gasteiger partial charge in [-0.25, -0.2) is 9.97 Å². The number of hydrogen-bond donors (Lipinski definition) is 2. The highest BCUT2D eigenvalue weighted by Gasteiger charge is 2.10. The van der Waals surface area contributed by atoms with Crippen LogP contribution in [0.3, 0.4) is 0 Å². The number of rotatable bonds is 10. The van der Waals surface area contributed by atoms with Gasteiger partial charge in [0.15, 0.2) is 11.6 Å². The molecule has 1 rings (SSSR count). The van der Waals surface area contributed by atoms with Gasteiger partial charge < -0.3 is 20.3 Å². The summed E-state index contributed by atoms with van der Waals surface area (Å²) in [6.45, 7) is 9.25. The topological polar surface area (TPSA) is 62.3 Å². The highest BCUT2D eigenvalue weighted by Crippen LogP contribution is 2.28. The monoisotopic (exact) mass is 295 g/mol. The summed E-state index contributed by atoms with van der Waals surface area (Å²) in [5, 5.41) is 6.50. The number of ether oxygens (including phenoxy) is 1. The molecule has 0 aliphatic rings. The largest absolute Gasteiger partial charge is 0.490 e. The maximum atomic E-state index is 5.40. The van der Waals surface area contributed by atoms with Gasteiger partial charge in [-0.15, -0.1) is 0 Å². The molecule has 0 amide bonds. The van der Waals surface area contributed by atoms with Gasteiger partial charge in [0.2, 0.25) is 5.75 Å². The molecule has 2 N–H and O–H groups in total. The van der Waals surface area contributed by atoms with Crippen molar-refractivity contribution in [1.82, 2.24) is 14.9 Å². The van der Waals surface area contributed by atoms with Crippen molar-refractivity contribution in [3.05, 3.63) is 6.33 Å². The average molecular weight is 295 g/mol. The van der Waals surface area contributed by atoms with E-state index in [9.17, 15) is 0 Å². The standard InChI is InChI=1S/C15H29N5O/c1-6-16-14-13(21-5)15(19-11-18-14)17-9-7-8-10-20(4)12(2)3/h11-12H,6-10H2,1-5H3,(H2,16,17,18,19). The van der Waals surface area contributed by atoms with Crippen LogP contribution in [0.1, 0.15) is 33.6 Å². The van der Waals surface area contributed by atoms with E-state index in [-0.39, 0.29) is 0 Å². The Balaban J connectivity index is 2.43. The summed E-state index contributed by atoms with van der Waals surface area (Å²) in [5.41, 5.74) is 0. The number of unbranched alkanes of at least 4 members (excludes halogenated alkanes) is 1. The van der Waals surface area contributed by atoms with E-state index in [2.05, 4.69) is 46.4 Å². The molecule has 0 fully saturated rings. The molecular formula is C15H29N5O. The zero-order chi connectivity index (χ0) is 15.7.